The van der Waals surface area contributed by atoms with Crippen LogP contribution in [0.5, 0.6) is 0 Å². The van der Waals surface area contributed by atoms with Crippen LogP contribution < -0.4 is 0 Å². The lowest BCUT2D eigenvalue weighted by Crippen LogP contribution is -2.08. The van der Waals surface area contributed by atoms with Gasteiger partial charge in [-0.3, -0.25) is 4.79 Å². The number of esters is 1. The molecular formula is C25H19NO2S. The average molecular weight is 397 g/mol. The number of aryl methyl sites for hydroxylation is 1. The lowest BCUT2D eigenvalue weighted by molar-refractivity contribution is -0.134. The molecule has 0 bridgehead atoms. The van der Waals surface area contributed by atoms with Gasteiger partial charge in [-0.1, -0.05) is 66.2 Å². The Labute approximate surface area is 174 Å². The van der Waals surface area contributed by atoms with Gasteiger partial charge in [0.2, 0.25) is 0 Å². The van der Waals surface area contributed by atoms with E-state index in [4.69, 9.17) is 9.73 Å². The maximum absolute atomic E-state index is 12.0. The number of nitrogens with zero attached hydrogens (tertiary/aromatic N) is 1. The van der Waals surface area contributed by atoms with Gasteiger partial charge >= 0.3 is 5.97 Å². The molecule has 0 N–H and O–H groups in total. The molecule has 2 aliphatic rings. The second-order valence-corrected chi connectivity index (χ2v) is 8.37. The molecule has 0 aromatic heterocycles. The van der Waals surface area contributed by atoms with Gasteiger partial charge in [0.15, 0.2) is 0 Å². The molecule has 0 saturated carbocycles. The summed E-state index contributed by atoms with van der Waals surface area (Å²) in [5.74, 6) is 0.302. The molecular weight excluding hydrogens is 378 g/mol. The Hall–Kier alpha value is -3.11. The predicted molar refractivity (Wildman–Crippen MR) is 118 cm³/mol. The van der Waals surface area contributed by atoms with E-state index in [0.29, 0.717) is 5.76 Å². The van der Waals surface area contributed by atoms with Crippen LogP contribution in [0, 0.1) is 6.92 Å². The van der Waals surface area contributed by atoms with E-state index in [1.165, 1.54) is 12.5 Å². The summed E-state index contributed by atoms with van der Waals surface area (Å²) in [6.07, 6.45) is 0. The topological polar surface area (TPSA) is 38.7 Å². The molecule has 0 fully saturated rings. The highest BCUT2D eigenvalue weighted by molar-refractivity contribution is 8.00. The molecule has 0 radical (unpaired) electrons. The second-order valence-electron chi connectivity index (χ2n) is 7.22. The highest BCUT2D eigenvalue weighted by Gasteiger charge is 2.38. The van der Waals surface area contributed by atoms with Crippen molar-refractivity contribution in [3.05, 3.63) is 101 Å². The van der Waals surface area contributed by atoms with Crippen molar-refractivity contribution in [2.24, 2.45) is 4.99 Å². The van der Waals surface area contributed by atoms with Gasteiger partial charge in [-0.2, -0.15) is 0 Å². The van der Waals surface area contributed by atoms with Crippen LogP contribution >= 0.6 is 11.8 Å². The highest BCUT2D eigenvalue weighted by atomic mass is 32.2. The van der Waals surface area contributed by atoms with Crippen LogP contribution in [0.3, 0.4) is 0 Å². The van der Waals surface area contributed by atoms with Crippen LogP contribution in [-0.2, 0) is 9.53 Å². The molecule has 1 unspecified atom stereocenters. The molecule has 1 heterocycles. The number of benzene rings is 3. The lowest BCUT2D eigenvalue weighted by atomic mass is 9.99. The van der Waals surface area contributed by atoms with Crippen molar-refractivity contribution in [3.8, 4) is 0 Å². The second kappa shape index (κ2) is 7.05. The van der Waals surface area contributed by atoms with E-state index < -0.39 is 0 Å². The monoisotopic (exact) mass is 397 g/mol. The average Bonchev–Trinajstić information content (AvgIpc) is 2.90. The minimum atomic E-state index is -0.321. The molecule has 1 aliphatic carbocycles. The summed E-state index contributed by atoms with van der Waals surface area (Å²) in [6, 6.07) is 24.8. The number of hydrogen-bond acceptors (Lipinski definition) is 4. The number of aliphatic imine (C=N–C) groups is 1. The molecule has 3 aromatic rings. The van der Waals surface area contributed by atoms with Gasteiger partial charge in [0.25, 0.3) is 0 Å². The molecule has 1 aliphatic heterocycles. The standard InChI is InChI=1S/C25H19NO2S/c1-15-11-13-17(14-12-15)25-22-23(26-20-9-5-6-10-21(20)29-25)18-7-3-4-8-19(18)24(22)28-16(2)27/h3-14,25H,1-2H3. The number of hydrogen-bond donors (Lipinski definition) is 0. The summed E-state index contributed by atoms with van der Waals surface area (Å²) in [5.41, 5.74) is 7.11. The number of carbonyl (C=O) groups excluding carboxylic acids is 1. The first-order chi connectivity index (χ1) is 14.1. The Morgan fingerprint density at radius 1 is 0.931 bits per heavy atom. The lowest BCUT2D eigenvalue weighted by Gasteiger charge is -2.19. The number of fused-ring (bicyclic) bond motifs is 4. The van der Waals surface area contributed by atoms with Gasteiger partial charge in [-0.15, -0.1) is 11.8 Å². The Morgan fingerprint density at radius 3 is 2.38 bits per heavy atom. The molecule has 3 aromatic carbocycles. The smallest absolute Gasteiger partial charge is 0.308 e. The van der Waals surface area contributed by atoms with Crippen molar-refractivity contribution < 1.29 is 9.53 Å². The van der Waals surface area contributed by atoms with Crippen molar-refractivity contribution >= 4 is 34.9 Å². The summed E-state index contributed by atoms with van der Waals surface area (Å²) >= 11 is 1.75. The summed E-state index contributed by atoms with van der Waals surface area (Å²) in [4.78, 5) is 18.1. The van der Waals surface area contributed by atoms with Gasteiger partial charge in [-0.25, -0.2) is 4.99 Å². The van der Waals surface area contributed by atoms with Crippen LogP contribution in [0.15, 0.2) is 88.3 Å². The van der Waals surface area contributed by atoms with Crippen LogP contribution in [0.2, 0.25) is 0 Å². The third-order valence-electron chi connectivity index (χ3n) is 5.16. The zero-order chi connectivity index (χ0) is 20.0. The van der Waals surface area contributed by atoms with E-state index in [1.54, 1.807) is 11.8 Å². The van der Waals surface area contributed by atoms with Gasteiger partial charge < -0.3 is 4.74 Å². The Morgan fingerprint density at radius 2 is 1.62 bits per heavy atom. The molecule has 29 heavy (non-hydrogen) atoms. The third kappa shape index (κ3) is 3.10. The fourth-order valence-electron chi connectivity index (χ4n) is 3.83. The molecule has 0 saturated heterocycles. The van der Waals surface area contributed by atoms with Crippen molar-refractivity contribution in [1.82, 2.24) is 0 Å². The van der Waals surface area contributed by atoms with Crippen molar-refractivity contribution in [3.63, 3.8) is 0 Å². The predicted octanol–water partition coefficient (Wildman–Crippen LogP) is 6.25. The van der Waals surface area contributed by atoms with Crippen molar-refractivity contribution in [2.75, 3.05) is 0 Å². The molecule has 0 spiro atoms. The Kier molecular flexibility index (Phi) is 4.36. The number of ether oxygens (including phenoxy) is 1. The van der Waals surface area contributed by atoms with Crippen molar-refractivity contribution in [2.45, 2.75) is 24.0 Å². The molecule has 1 atom stereocenters. The molecule has 3 nitrogen and oxygen atoms in total. The first kappa shape index (κ1) is 18.0. The Bertz CT molecular complexity index is 1190. The first-order valence-electron chi connectivity index (χ1n) is 9.55. The maximum atomic E-state index is 12.0. The number of thioether (sulfide) groups is 1. The van der Waals surface area contributed by atoms with Crippen LogP contribution in [-0.4, -0.2) is 11.7 Å². The fraction of sp³-hybridized carbons (Fsp3) is 0.120. The Balaban J connectivity index is 1.81. The maximum Gasteiger partial charge on any atom is 0.308 e. The third-order valence-corrected chi connectivity index (χ3v) is 6.50. The summed E-state index contributed by atoms with van der Waals surface area (Å²) in [5, 5.41) is -0.0280. The van der Waals surface area contributed by atoms with Crippen LogP contribution in [0.4, 0.5) is 5.69 Å². The van der Waals surface area contributed by atoms with Crippen LogP contribution in [0.25, 0.3) is 5.76 Å². The summed E-state index contributed by atoms with van der Waals surface area (Å²) < 4.78 is 5.78. The van der Waals surface area contributed by atoms with E-state index in [1.807, 2.05) is 36.4 Å². The molecule has 4 heteroatoms. The van der Waals surface area contributed by atoms with E-state index in [9.17, 15) is 4.79 Å². The van der Waals surface area contributed by atoms with Gasteiger partial charge in [0.1, 0.15) is 5.76 Å². The molecule has 0 amide bonds. The van der Waals surface area contributed by atoms with E-state index in [-0.39, 0.29) is 11.2 Å². The minimum Gasteiger partial charge on any atom is -0.426 e. The number of rotatable bonds is 2. The molecule has 142 valence electrons. The number of para-hydroxylation sites is 1. The highest BCUT2D eigenvalue weighted by Crippen LogP contribution is 2.53. The van der Waals surface area contributed by atoms with Gasteiger partial charge in [0, 0.05) is 28.5 Å². The first-order valence-corrected chi connectivity index (χ1v) is 10.4. The van der Waals surface area contributed by atoms with Crippen LogP contribution in [0.1, 0.15) is 34.4 Å². The summed E-state index contributed by atoms with van der Waals surface area (Å²) in [7, 11) is 0. The van der Waals surface area contributed by atoms with Crippen molar-refractivity contribution in [1.29, 1.82) is 0 Å². The normalized spacial score (nSPS) is 17.0. The van der Waals surface area contributed by atoms with E-state index in [0.717, 1.165) is 38.6 Å². The SMILES string of the molecule is CC(=O)OC1=C2C(=Nc3ccccc3SC2c2ccc(C)cc2)c2ccccc21. The van der Waals surface area contributed by atoms with Gasteiger partial charge in [-0.05, 0) is 24.6 Å². The molecule has 5 rings (SSSR count). The quantitative estimate of drug-likeness (QED) is 0.480. The van der Waals surface area contributed by atoms with E-state index >= 15 is 0 Å². The largest absolute Gasteiger partial charge is 0.426 e. The summed E-state index contributed by atoms with van der Waals surface area (Å²) in [6.45, 7) is 3.53. The minimum absolute atomic E-state index is 0.0280. The van der Waals surface area contributed by atoms with Gasteiger partial charge in [0.05, 0.1) is 16.6 Å². The zero-order valence-electron chi connectivity index (χ0n) is 16.2. The zero-order valence-corrected chi connectivity index (χ0v) is 17.0. The fourth-order valence-corrected chi connectivity index (χ4v) is 5.11. The van der Waals surface area contributed by atoms with E-state index in [2.05, 4.69) is 43.3 Å². The number of carbonyl (C=O) groups is 1.